The fraction of sp³-hybridized carbons (Fsp3) is 0.667. The Labute approximate surface area is 117 Å². The summed E-state index contributed by atoms with van der Waals surface area (Å²) in [5, 5.41) is 3.69. The number of hydrogen-bond acceptors (Lipinski definition) is 1. The van der Waals surface area contributed by atoms with Crippen LogP contribution in [0.4, 0.5) is 0 Å². The number of hydrogen-bond donors (Lipinski definition) is 1. The normalized spacial score (nSPS) is 27.1. The van der Waals surface area contributed by atoms with Crippen LogP contribution in [0.3, 0.4) is 0 Å². The van der Waals surface area contributed by atoms with E-state index in [-0.39, 0.29) is 5.41 Å². The van der Waals surface area contributed by atoms with E-state index in [2.05, 4.69) is 50.4 Å². The van der Waals surface area contributed by atoms with Crippen LogP contribution in [0.5, 0.6) is 0 Å². The van der Waals surface area contributed by atoms with Crippen LogP contribution in [0, 0.1) is 5.92 Å². The van der Waals surface area contributed by atoms with Crippen molar-refractivity contribution in [3.63, 3.8) is 0 Å². The van der Waals surface area contributed by atoms with E-state index in [9.17, 15) is 0 Å². The summed E-state index contributed by atoms with van der Waals surface area (Å²) >= 11 is 0. The van der Waals surface area contributed by atoms with Gasteiger partial charge in [0, 0.05) is 6.04 Å². The molecule has 1 aromatic carbocycles. The van der Waals surface area contributed by atoms with Crippen LogP contribution < -0.4 is 5.32 Å². The van der Waals surface area contributed by atoms with E-state index in [1.165, 1.54) is 37.8 Å². The molecule has 0 aromatic heterocycles. The van der Waals surface area contributed by atoms with Gasteiger partial charge in [-0.05, 0) is 60.6 Å². The van der Waals surface area contributed by atoms with Crippen LogP contribution in [-0.4, -0.2) is 12.6 Å². The van der Waals surface area contributed by atoms with E-state index in [4.69, 9.17) is 0 Å². The second kappa shape index (κ2) is 4.94. The van der Waals surface area contributed by atoms with E-state index in [0.29, 0.717) is 0 Å². The molecule has 2 aliphatic carbocycles. The van der Waals surface area contributed by atoms with Gasteiger partial charge in [-0.25, -0.2) is 0 Å². The second-order valence-electron chi connectivity index (χ2n) is 7.50. The van der Waals surface area contributed by atoms with Gasteiger partial charge in [0.1, 0.15) is 0 Å². The van der Waals surface area contributed by atoms with Crippen LogP contribution in [0.2, 0.25) is 0 Å². The molecule has 0 heterocycles. The predicted octanol–water partition coefficient (Wildman–Crippen LogP) is 4.23. The minimum Gasteiger partial charge on any atom is -0.314 e. The Kier molecular flexibility index (Phi) is 3.42. The van der Waals surface area contributed by atoms with Gasteiger partial charge in [-0.3, -0.25) is 0 Å². The van der Waals surface area contributed by atoms with Gasteiger partial charge in [-0.2, -0.15) is 0 Å². The first-order valence-electron chi connectivity index (χ1n) is 7.88. The Morgan fingerprint density at radius 1 is 1.00 bits per heavy atom. The standard InChI is InChI=1S/C18H27N/c1-18(2,3)15-7-4-13(5-8-15)17-11-6-14(17)12-19-16-9-10-16/h4-5,7-8,14,16-17,19H,6,9-12H2,1-3H3. The molecule has 19 heavy (non-hydrogen) atoms. The second-order valence-corrected chi connectivity index (χ2v) is 7.50. The van der Waals surface area contributed by atoms with Crippen molar-refractivity contribution in [1.82, 2.24) is 5.32 Å². The lowest BCUT2D eigenvalue weighted by Gasteiger charge is -2.37. The molecule has 104 valence electrons. The van der Waals surface area contributed by atoms with Crippen molar-refractivity contribution in [2.75, 3.05) is 6.54 Å². The summed E-state index contributed by atoms with van der Waals surface area (Å²) in [5.41, 5.74) is 3.27. The van der Waals surface area contributed by atoms with E-state index >= 15 is 0 Å². The number of nitrogens with one attached hydrogen (secondary N) is 1. The quantitative estimate of drug-likeness (QED) is 0.851. The molecule has 0 radical (unpaired) electrons. The third kappa shape index (κ3) is 3.02. The molecule has 0 bridgehead atoms. The van der Waals surface area contributed by atoms with Crippen molar-refractivity contribution in [3.05, 3.63) is 35.4 Å². The molecular weight excluding hydrogens is 230 g/mol. The van der Waals surface area contributed by atoms with E-state index in [0.717, 1.165) is 17.9 Å². The molecule has 2 atom stereocenters. The summed E-state index contributed by atoms with van der Waals surface area (Å²) < 4.78 is 0. The zero-order chi connectivity index (χ0) is 13.5. The van der Waals surface area contributed by atoms with Crippen LogP contribution in [0.15, 0.2) is 24.3 Å². The van der Waals surface area contributed by atoms with E-state index in [1.54, 1.807) is 5.56 Å². The molecular formula is C18H27N. The largest absolute Gasteiger partial charge is 0.314 e. The first-order chi connectivity index (χ1) is 9.04. The van der Waals surface area contributed by atoms with Crippen molar-refractivity contribution in [2.45, 2.75) is 63.8 Å². The molecule has 0 amide bonds. The zero-order valence-electron chi connectivity index (χ0n) is 12.6. The maximum atomic E-state index is 3.69. The van der Waals surface area contributed by atoms with Gasteiger partial charge in [0.05, 0.1) is 0 Å². The van der Waals surface area contributed by atoms with Gasteiger partial charge in [0.15, 0.2) is 0 Å². The Morgan fingerprint density at radius 3 is 2.16 bits per heavy atom. The number of rotatable bonds is 4. The highest BCUT2D eigenvalue weighted by Gasteiger charge is 2.33. The van der Waals surface area contributed by atoms with Gasteiger partial charge in [0.25, 0.3) is 0 Å². The lowest BCUT2D eigenvalue weighted by Crippen LogP contribution is -2.34. The van der Waals surface area contributed by atoms with Crippen molar-refractivity contribution in [2.24, 2.45) is 5.92 Å². The first-order valence-corrected chi connectivity index (χ1v) is 7.88. The summed E-state index contributed by atoms with van der Waals surface area (Å²) in [6, 6.07) is 10.3. The SMILES string of the molecule is CC(C)(C)c1ccc(C2CCC2CNC2CC2)cc1. The maximum Gasteiger partial charge on any atom is 0.00683 e. The molecule has 0 saturated heterocycles. The molecule has 2 unspecified atom stereocenters. The van der Waals surface area contributed by atoms with Crippen molar-refractivity contribution >= 4 is 0 Å². The van der Waals surface area contributed by atoms with Crippen LogP contribution >= 0.6 is 0 Å². The van der Waals surface area contributed by atoms with Gasteiger partial charge < -0.3 is 5.32 Å². The van der Waals surface area contributed by atoms with E-state index < -0.39 is 0 Å². The molecule has 2 saturated carbocycles. The average molecular weight is 257 g/mol. The summed E-state index contributed by atoms with van der Waals surface area (Å²) in [6.07, 6.45) is 5.59. The van der Waals surface area contributed by atoms with Crippen molar-refractivity contribution < 1.29 is 0 Å². The van der Waals surface area contributed by atoms with Crippen molar-refractivity contribution in [3.8, 4) is 0 Å². The highest BCUT2D eigenvalue weighted by atomic mass is 14.9. The first kappa shape index (κ1) is 13.2. The highest BCUT2D eigenvalue weighted by molar-refractivity contribution is 5.31. The van der Waals surface area contributed by atoms with Gasteiger partial charge in [0.2, 0.25) is 0 Å². The topological polar surface area (TPSA) is 12.0 Å². The van der Waals surface area contributed by atoms with E-state index in [1.807, 2.05) is 0 Å². The van der Waals surface area contributed by atoms with Crippen LogP contribution in [0.1, 0.15) is 63.5 Å². The lowest BCUT2D eigenvalue weighted by molar-refractivity contribution is 0.245. The van der Waals surface area contributed by atoms with Crippen LogP contribution in [0.25, 0.3) is 0 Å². The van der Waals surface area contributed by atoms with Crippen molar-refractivity contribution in [1.29, 1.82) is 0 Å². The Bertz CT molecular complexity index is 422. The average Bonchev–Trinajstić information content (AvgIpc) is 3.11. The third-order valence-electron chi connectivity index (χ3n) is 4.87. The van der Waals surface area contributed by atoms with Gasteiger partial charge >= 0.3 is 0 Å². The summed E-state index contributed by atoms with van der Waals surface area (Å²) in [7, 11) is 0. The highest BCUT2D eigenvalue weighted by Crippen LogP contribution is 2.42. The molecule has 0 aliphatic heterocycles. The molecule has 1 heteroatoms. The Balaban J connectivity index is 1.61. The van der Waals surface area contributed by atoms with Crippen LogP contribution in [-0.2, 0) is 5.41 Å². The lowest BCUT2D eigenvalue weighted by atomic mass is 9.69. The smallest absolute Gasteiger partial charge is 0.00683 e. The predicted molar refractivity (Wildman–Crippen MR) is 81.6 cm³/mol. The summed E-state index contributed by atoms with van der Waals surface area (Å²) in [5.74, 6) is 1.68. The summed E-state index contributed by atoms with van der Waals surface area (Å²) in [6.45, 7) is 8.09. The zero-order valence-corrected chi connectivity index (χ0v) is 12.6. The monoisotopic (exact) mass is 257 g/mol. The minimum atomic E-state index is 0.269. The maximum absolute atomic E-state index is 3.69. The summed E-state index contributed by atoms with van der Waals surface area (Å²) in [4.78, 5) is 0. The minimum absolute atomic E-state index is 0.269. The third-order valence-corrected chi connectivity index (χ3v) is 4.87. The fourth-order valence-electron chi connectivity index (χ4n) is 3.09. The number of benzene rings is 1. The Morgan fingerprint density at radius 2 is 1.68 bits per heavy atom. The molecule has 2 fully saturated rings. The molecule has 1 aromatic rings. The molecule has 3 rings (SSSR count). The molecule has 0 spiro atoms. The van der Waals surface area contributed by atoms with Gasteiger partial charge in [-0.1, -0.05) is 45.0 Å². The molecule has 2 aliphatic rings. The van der Waals surface area contributed by atoms with Gasteiger partial charge in [-0.15, -0.1) is 0 Å². The Hall–Kier alpha value is -0.820. The fourth-order valence-corrected chi connectivity index (χ4v) is 3.09. The molecule has 1 nitrogen and oxygen atoms in total. The molecule has 1 N–H and O–H groups in total.